The third-order valence-corrected chi connectivity index (χ3v) is 2.09. The molecule has 0 aliphatic rings. The molecular weight excluding hydrogens is 225 g/mol. The van der Waals surface area contributed by atoms with Gasteiger partial charge in [0.2, 0.25) is 0 Å². The van der Waals surface area contributed by atoms with Gasteiger partial charge in [0.1, 0.15) is 11.6 Å². The molecule has 0 amide bonds. The summed E-state index contributed by atoms with van der Waals surface area (Å²) in [5, 5.41) is 17.9. The lowest BCUT2D eigenvalue weighted by Gasteiger charge is -2.18. The van der Waals surface area contributed by atoms with Crippen LogP contribution in [0, 0.1) is 5.82 Å². The van der Waals surface area contributed by atoms with Crippen molar-refractivity contribution in [1.29, 1.82) is 0 Å². The van der Waals surface area contributed by atoms with Crippen molar-refractivity contribution in [2.75, 3.05) is 13.1 Å². The van der Waals surface area contributed by atoms with Crippen molar-refractivity contribution in [3.8, 4) is 5.75 Å². The Balaban J connectivity index is 2.77. The van der Waals surface area contributed by atoms with E-state index in [-0.39, 0.29) is 18.8 Å². The molecule has 0 aromatic heterocycles. The summed E-state index contributed by atoms with van der Waals surface area (Å²) < 4.78 is 13.0. The zero-order chi connectivity index (χ0) is 12.8. The van der Waals surface area contributed by atoms with Crippen LogP contribution in [0.4, 0.5) is 4.39 Å². The lowest BCUT2D eigenvalue weighted by Crippen LogP contribution is -2.29. The third-order valence-electron chi connectivity index (χ3n) is 2.09. The van der Waals surface area contributed by atoms with E-state index in [0.29, 0.717) is 12.1 Å². The summed E-state index contributed by atoms with van der Waals surface area (Å²) in [4.78, 5) is 12.2. The van der Waals surface area contributed by atoms with E-state index in [1.165, 1.54) is 12.1 Å². The van der Waals surface area contributed by atoms with E-state index in [9.17, 15) is 14.3 Å². The highest BCUT2D eigenvalue weighted by molar-refractivity contribution is 5.69. The van der Waals surface area contributed by atoms with Crippen molar-refractivity contribution in [3.05, 3.63) is 42.2 Å². The number of hydrogen-bond acceptors (Lipinski definition) is 3. The average Bonchev–Trinajstić information content (AvgIpc) is 2.14. The summed E-state index contributed by atoms with van der Waals surface area (Å²) in [6, 6.07) is 3.66. The number of carbonyl (C=O) groups is 1. The van der Waals surface area contributed by atoms with E-state index in [2.05, 4.69) is 6.58 Å². The second-order valence-corrected chi connectivity index (χ2v) is 3.67. The number of carboxylic acid groups (broad SMARTS) is 1. The SMILES string of the molecule is C=CCN(CC(=O)O)Cc1cc(O)cc(F)c1. The summed E-state index contributed by atoms with van der Waals surface area (Å²) in [6.07, 6.45) is 1.57. The van der Waals surface area contributed by atoms with Gasteiger partial charge in [0.15, 0.2) is 0 Å². The highest BCUT2D eigenvalue weighted by Gasteiger charge is 2.10. The second kappa shape index (κ2) is 6.00. The van der Waals surface area contributed by atoms with Gasteiger partial charge in [-0.1, -0.05) is 6.08 Å². The number of phenols is 1. The topological polar surface area (TPSA) is 60.8 Å². The summed E-state index contributed by atoms with van der Waals surface area (Å²) in [7, 11) is 0. The van der Waals surface area contributed by atoms with Crippen molar-refractivity contribution in [2.24, 2.45) is 0 Å². The fourth-order valence-corrected chi connectivity index (χ4v) is 1.54. The standard InChI is InChI=1S/C12H14FNO3/c1-2-3-14(8-12(16)17)7-9-4-10(13)6-11(15)5-9/h2,4-6,15H,1,3,7-8H2,(H,16,17). The number of nitrogens with zero attached hydrogens (tertiary/aromatic N) is 1. The number of hydrogen-bond donors (Lipinski definition) is 2. The van der Waals surface area contributed by atoms with Gasteiger partial charge in [-0.25, -0.2) is 4.39 Å². The summed E-state index contributed by atoms with van der Waals surface area (Å²) in [6.45, 7) is 3.98. The van der Waals surface area contributed by atoms with Crippen molar-refractivity contribution >= 4 is 5.97 Å². The van der Waals surface area contributed by atoms with Crippen LogP contribution in [0.1, 0.15) is 5.56 Å². The second-order valence-electron chi connectivity index (χ2n) is 3.67. The first kappa shape index (κ1) is 13.2. The molecule has 1 aromatic rings. The molecule has 0 spiro atoms. The Morgan fingerprint density at radius 2 is 2.18 bits per heavy atom. The number of halogens is 1. The van der Waals surface area contributed by atoms with Crippen LogP contribution in [-0.2, 0) is 11.3 Å². The van der Waals surface area contributed by atoms with Crippen LogP contribution < -0.4 is 0 Å². The molecule has 0 fully saturated rings. The predicted molar refractivity (Wildman–Crippen MR) is 61.2 cm³/mol. The highest BCUT2D eigenvalue weighted by atomic mass is 19.1. The summed E-state index contributed by atoms with van der Waals surface area (Å²) in [5.74, 6) is -1.68. The van der Waals surface area contributed by atoms with Gasteiger partial charge in [0.05, 0.1) is 6.54 Å². The molecule has 1 rings (SSSR count). The lowest BCUT2D eigenvalue weighted by atomic mass is 10.2. The van der Waals surface area contributed by atoms with E-state index in [1.54, 1.807) is 11.0 Å². The van der Waals surface area contributed by atoms with E-state index in [0.717, 1.165) is 6.07 Å². The minimum Gasteiger partial charge on any atom is -0.508 e. The first-order chi connectivity index (χ1) is 8.01. The third kappa shape index (κ3) is 4.65. The van der Waals surface area contributed by atoms with Crippen LogP contribution in [-0.4, -0.2) is 34.2 Å². The van der Waals surface area contributed by atoms with E-state index < -0.39 is 11.8 Å². The number of aromatic hydroxyl groups is 1. The normalized spacial score (nSPS) is 10.5. The molecule has 0 saturated carbocycles. The van der Waals surface area contributed by atoms with Crippen molar-refractivity contribution in [1.82, 2.24) is 4.90 Å². The van der Waals surface area contributed by atoms with Gasteiger partial charge in [-0.05, 0) is 17.7 Å². The minimum atomic E-state index is -0.965. The highest BCUT2D eigenvalue weighted by Crippen LogP contribution is 2.16. The maximum absolute atomic E-state index is 13.0. The zero-order valence-electron chi connectivity index (χ0n) is 9.27. The maximum atomic E-state index is 13.0. The Kier molecular flexibility index (Phi) is 4.66. The lowest BCUT2D eigenvalue weighted by molar-refractivity contribution is -0.138. The molecule has 92 valence electrons. The molecule has 4 nitrogen and oxygen atoms in total. The molecule has 0 unspecified atom stereocenters. The molecule has 0 radical (unpaired) electrons. The van der Waals surface area contributed by atoms with Gasteiger partial charge in [0.25, 0.3) is 0 Å². The minimum absolute atomic E-state index is 0.163. The van der Waals surface area contributed by atoms with Gasteiger partial charge in [0, 0.05) is 19.2 Å². The van der Waals surface area contributed by atoms with Gasteiger partial charge in [-0.2, -0.15) is 0 Å². The van der Waals surface area contributed by atoms with E-state index in [1.807, 2.05) is 0 Å². The number of aliphatic carboxylic acids is 1. The smallest absolute Gasteiger partial charge is 0.317 e. The average molecular weight is 239 g/mol. The molecule has 5 heteroatoms. The van der Waals surface area contributed by atoms with Crippen LogP contribution in [0.5, 0.6) is 5.75 Å². The monoisotopic (exact) mass is 239 g/mol. The van der Waals surface area contributed by atoms with Gasteiger partial charge < -0.3 is 10.2 Å². The Bertz CT molecular complexity index is 400. The molecule has 0 aliphatic carbocycles. The van der Waals surface area contributed by atoms with Gasteiger partial charge in [-0.3, -0.25) is 9.69 Å². The summed E-state index contributed by atoms with van der Waals surface area (Å²) in [5.41, 5.74) is 0.519. The Hall–Kier alpha value is -1.88. The fraction of sp³-hybridized carbons (Fsp3) is 0.250. The van der Waals surface area contributed by atoms with E-state index >= 15 is 0 Å². The van der Waals surface area contributed by atoms with E-state index in [4.69, 9.17) is 5.11 Å². The molecule has 1 aromatic carbocycles. The molecule has 0 aliphatic heterocycles. The Morgan fingerprint density at radius 3 is 2.71 bits per heavy atom. The molecule has 17 heavy (non-hydrogen) atoms. The van der Waals surface area contributed by atoms with Crippen LogP contribution in [0.3, 0.4) is 0 Å². The first-order valence-electron chi connectivity index (χ1n) is 5.04. The Morgan fingerprint density at radius 1 is 1.47 bits per heavy atom. The summed E-state index contributed by atoms with van der Waals surface area (Å²) >= 11 is 0. The molecule has 0 atom stereocenters. The number of rotatable bonds is 6. The Labute approximate surface area is 98.6 Å². The van der Waals surface area contributed by atoms with Crippen LogP contribution in [0.15, 0.2) is 30.9 Å². The van der Waals surface area contributed by atoms with Crippen molar-refractivity contribution in [3.63, 3.8) is 0 Å². The largest absolute Gasteiger partial charge is 0.508 e. The first-order valence-corrected chi connectivity index (χ1v) is 5.04. The molecule has 0 heterocycles. The number of carboxylic acids is 1. The van der Waals surface area contributed by atoms with Crippen molar-refractivity contribution in [2.45, 2.75) is 6.54 Å². The quantitative estimate of drug-likeness (QED) is 0.740. The molecule has 2 N–H and O–H groups in total. The number of benzene rings is 1. The zero-order valence-corrected chi connectivity index (χ0v) is 9.27. The van der Waals surface area contributed by atoms with Crippen molar-refractivity contribution < 1.29 is 19.4 Å². The molecular formula is C12H14FNO3. The molecule has 0 bridgehead atoms. The van der Waals surface area contributed by atoms with Gasteiger partial charge >= 0.3 is 5.97 Å². The van der Waals surface area contributed by atoms with Gasteiger partial charge in [-0.15, -0.1) is 6.58 Å². The molecule has 0 saturated heterocycles. The fourth-order valence-electron chi connectivity index (χ4n) is 1.54. The van der Waals surface area contributed by atoms with Crippen LogP contribution in [0.25, 0.3) is 0 Å². The number of phenolic OH excluding ortho intramolecular Hbond substituents is 1. The predicted octanol–water partition coefficient (Wildman–Crippen LogP) is 1.60. The van der Waals surface area contributed by atoms with Crippen LogP contribution in [0.2, 0.25) is 0 Å². The maximum Gasteiger partial charge on any atom is 0.317 e. The van der Waals surface area contributed by atoms with Crippen LogP contribution >= 0.6 is 0 Å².